The molecule has 0 spiro atoms. The van der Waals surface area contributed by atoms with Crippen LogP contribution in [0.3, 0.4) is 0 Å². The van der Waals surface area contributed by atoms with Crippen molar-refractivity contribution in [3.05, 3.63) is 0 Å². The zero-order valence-corrected chi connectivity index (χ0v) is 10.3. The largest absolute Gasteiger partial charge is 0.366 e. The van der Waals surface area contributed by atoms with E-state index in [4.69, 9.17) is 27.9 Å². The second-order valence-electron chi connectivity index (χ2n) is 5.72. The van der Waals surface area contributed by atoms with Gasteiger partial charge >= 0.3 is 0 Å². The van der Waals surface area contributed by atoms with Gasteiger partial charge in [-0.2, -0.15) is 0 Å². The molecule has 3 fully saturated rings. The van der Waals surface area contributed by atoms with E-state index in [1.165, 1.54) is 0 Å². The number of fused-ring (bicyclic) bond motifs is 2. The molecule has 2 saturated carbocycles. The highest BCUT2D eigenvalue weighted by Crippen LogP contribution is 2.79. The van der Waals surface area contributed by atoms with Crippen molar-refractivity contribution < 1.29 is 4.74 Å². The fourth-order valence-electron chi connectivity index (χ4n) is 3.38. The molecule has 1 heterocycles. The van der Waals surface area contributed by atoms with Gasteiger partial charge in [-0.05, 0) is 18.8 Å². The standard InChI is InChI=1S/C11H16Cl2O/c1-6(2)10-4-7-9(3,11(7,12)13)5-8(10)14-10/h6-8H,4-5H2,1-3H3/t7-,8+,9+,10+/m0/s1. The molecule has 1 saturated heterocycles. The molecule has 80 valence electrons. The molecule has 2 aliphatic carbocycles. The Hall–Kier alpha value is 0.540. The molecule has 0 bridgehead atoms. The molecule has 0 amide bonds. The van der Waals surface area contributed by atoms with Crippen molar-refractivity contribution in [2.45, 2.75) is 49.7 Å². The summed E-state index contributed by atoms with van der Waals surface area (Å²) in [5.41, 5.74) is 0.241. The van der Waals surface area contributed by atoms with Crippen LogP contribution in [0.15, 0.2) is 0 Å². The minimum atomic E-state index is -0.480. The Kier molecular flexibility index (Phi) is 1.59. The summed E-state index contributed by atoms with van der Waals surface area (Å²) in [6.45, 7) is 6.66. The second-order valence-corrected chi connectivity index (χ2v) is 7.10. The first-order valence-corrected chi connectivity index (χ1v) is 6.16. The fourth-order valence-corrected chi connectivity index (χ4v) is 4.32. The van der Waals surface area contributed by atoms with Crippen molar-refractivity contribution in [2.75, 3.05) is 0 Å². The van der Waals surface area contributed by atoms with E-state index in [9.17, 15) is 0 Å². The quantitative estimate of drug-likeness (QED) is 0.501. The first-order valence-electron chi connectivity index (χ1n) is 5.40. The van der Waals surface area contributed by atoms with Crippen LogP contribution in [0.2, 0.25) is 0 Å². The molecule has 0 radical (unpaired) electrons. The maximum absolute atomic E-state index is 6.32. The fraction of sp³-hybridized carbons (Fsp3) is 1.00. The van der Waals surface area contributed by atoms with Gasteiger partial charge in [0.1, 0.15) is 4.33 Å². The molecule has 0 aromatic carbocycles. The highest BCUT2D eigenvalue weighted by molar-refractivity contribution is 6.51. The van der Waals surface area contributed by atoms with Crippen LogP contribution in [0.5, 0.6) is 0 Å². The van der Waals surface area contributed by atoms with Gasteiger partial charge < -0.3 is 4.74 Å². The maximum Gasteiger partial charge on any atom is 0.127 e. The maximum atomic E-state index is 6.32. The molecule has 1 nitrogen and oxygen atoms in total. The van der Waals surface area contributed by atoms with Crippen LogP contribution in [0.25, 0.3) is 0 Å². The predicted octanol–water partition coefficient (Wildman–Crippen LogP) is 3.38. The molecule has 1 aliphatic heterocycles. The highest BCUT2D eigenvalue weighted by Gasteiger charge is 2.82. The molecule has 3 aliphatic rings. The molecule has 14 heavy (non-hydrogen) atoms. The van der Waals surface area contributed by atoms with Gasteiger partial charge in [-0.15, -0.1) is 23.2 Å². The summed E-state index contributed by atoms with van der Waals surface area (Å²) >= 11 is 12.6. The smallest absolute Gasteiger partial charge is 0.127 e. The summed E-state index contributed by atoms with van der Waals surface area (Å²) in [5.74, 6) is 1.03. The van der Waals surface area contributed by atoms with Crippen LogP contribution in [-0.2, 0) is 4.74 Å². The van der Waals surface area contributed by atoms with Crippen LogP contribution < -0.4 is 0 Å². The lowest BCUT2D eigenvalue weighted by atomic mass is 9.77. The number of rotatable bonds is 1. The summed E-state index contributed by atoms with van der Waals surface area (Å²) in [7, 11) is 0. The Balaban J connectivity index is 1.87. The zero-order valence-electron chi connectivity index (χ0n) is 8.81. The molecule has 0 aromatic rings. The monoisotopic (exact) mass is 234 g/mol. The molecule has 0 aromatic heterocycles. The summed E-state index contributed by atoms with van der Waals surface area (Å²) in [6, 6.07) is 0. The summed E-state index contributed by atoms with van der Waals surface area (Å²) in [5, 5.41) is 0. The first kappa shape index (κ1) is 9.74. The van der Waals surface area contributed by atoms with Gasteiger partial charge in [-0.1, -0.05) is 20.8 Å². The van der Waals surface area contributed by atoms with Crippen LogP contribution in [0.4, 0.5) is 0 Å². The van der Waals surface area contributed by atoms with Crippen LogP contribution in [0.1, 0.15) is 33.6 Å². The summed E-state index contributed by atoms with van der Waals surface area (Å²) < 4.78 is 5.39. The molecule has 0 N–H and O–H groups in total. The first-order chi connectivity index (χ1) is 6.34. The highest BCUT2D eigenvalue weighted by atomic mass is 35.5. The number of ether oxygens (including phenoxy) is 1. The molecule has 3 heteroatoms. The second kappa shape index (κ2) is 2.28. The van der Waals surface area contributed by atoms with Gasteiger partial charge in [0, 0.05) is 11.3 Å². The number of alkyl halides is 2. The van der Waals surface area contributed by atoms with Crippen LogP contribution >= 0.6 is 23.2 Å². The van der Waals surface area contributed by atoms with Crippen molar-refractivity contribution in [3.8, 4) is 0 Å². The molecule has 0 unspecified atom stereocenters. The topological polar surface area (TPSA) is 12.5 Å². The Bertz CT molecular complexity index is 302. The van der Waals surface area contributed by atoms with E-state index in [0.717, 1.165) is 12.8 Å². The van der Waals surface area contributed by atoms with Crippen LogP contribution in [-0.4, -0.2) is 16.0 Å². The minimum absolute atomic E-state index is 0.121. The number of halogens is 2. The van der Waals surface area contributed by atoms with E-state index < -0.39 is 4.33 Å². The number of hydrogen-bond acceptors (Lipinski definition) is 1. The average molecular weight is 235 g/mol. The van der Waals surface area contributed by atoms with Crippen molar-refractivity contribution in [2.24, 2.45) is 17.3 Å². The van der Waals surface area contributed by atoms with E-state index in [0.29, 0.717) is 17.9 Å². The lowest BCUT2D eigenvalue weighted by Crippen LogP contribution is -2.29. The Morgan fingerprint density at radius 3 is 2.50 bits per heavy atom. The zero-order chi connectivity index (χ0) is 10.4. The molecule has 4 atom stereocenters. The third-order valence-electron chi connectivity index (χ3n) is 4.84. The van der Waals surface area contributed by atoms with E-state index in [2.05, 4.69) is 20.8 Å². The Morgan fingerprint density at radius 2 is 1.93 bits per heavy atom. The van der Waals surface area contributed by atoms with E-state index in [-0.39, 0.29) is 11.0 Å². The SMILES string of the molecule is CC(C)[C@]12C[C@@H]3C(Cl)(Cl)[C@]3(C)C[C@H]1O2. The lowest BCUT2D eigenvalue weighted by molar-refractivity contribution is 0.214. The van der Waals surface area contributed by atoms with Gasteiger partial charge in [0.15, 0.2) is 0 Å². The Labute approximate surface area is 95.1 Å². The van der Waals surface area contributed by atoms with Crippen molar-refractivity contribution in [3.63, 3.8) is 0 Å². The predicted molar refractivity (Wildman–Crippen MR) is 57.7 cm³/mol. The van der Waals surface area contributed by atoms with Gasteiger partial charge in [0.25, 0.3) is 0 Å². The average Bonchev–Trinajstić information content (AvgIpc) is 2.86. The molecular weight excluding hydrogens is 219 g/mol. The van der Waals surface area contributed by atoms with Crippen molar-refractivity contribution in [1.29, 1.82) is 0 Å². The van der Waals surface area contributed by atoms with E-state index in [1.807, 2.05) is 0 Å². The van der Waals surface area contributed by atoms with Crippen molar-refractivity contribution in [1.82, 2.24) is 0 Å². The summed E-state index contributed by atoms with van der Waals surface area (Å²) in [4.78, 5) is 0. The number of epoxide rings is 1. The third kappa shape index (κ3) is 0.842. The Morgan fingerprint density at radius 1 is 1.29 bits per heavy atom. The van der Waals surface area contributed by atoms with Crippen LogP contribution in [0, 0.1) is 17.3 Å². The van der Waals surface area contributed by atoms with E-state index in [1.54, 1.807) is 0 Å². The summed E-state index contributed by atoms with van der Waals surface area (Å²) in [6.07, 6.45) is 2.52. The normalized spacial score (nSPS) is 57.9. The molecular formula is C11H16Cl2O. The van der Waals surface area contributed by atoms with Gasteiger partial charge in [-0.3, -0.25) is 0 Å². The van der Waals surface area contributed by atoms with Gasteiger partial charge in [-0.25, -0.2) is 0 Å². The minimum Gasteiger partial charge on any atom is -0.366 e. The van der Waals surface area contributed by atoms with Crippen molar-refractivity contribution >= 4 is 23.2 Å². The number of hydrogen-bond donors (Lipinski definition) is 0. The lowest BCUT2D eigenvalue weighted by Gasteiger charge is -2.23. The molecule has 3 rings (SSSR count). The van der Waals surface area contributed by atoms with Gasteiger partial charge in [0.2, 0.25) is 0 Å². The van der Waals surface area contributed by atoms with E-state index >= 15 is 0 Å². The third-order valence-corrected chi connectivity index (χ3v) is 6.23. The van der Waals surface area contributed by atoms with Gasteiger partial charge in [0.05, 0.1) is 11.7 Å².